The molecule has 5 nitrogen and oxygen atoms in total. The van der Waals surface area contributed by atoms with Crippen LogP contribution >= 0.6 is 0 Å². The molecule has 1 rings (SSSR count). The highest BCUT2D eigenvalue weighted by Crippen LogP contribution is 2.20. The predicted octanol–water partition coefficient (Wildman–Crippen LogP) is 1.41. The third-order valence-corrected chi connectivity index (χ3v) is 3.06. The summed E-state index contributed by atoms with van der Waals surface area (Å²) < 4.78 is 5.04. The molecule has 0 aliphatic rings. The molecule has 4 N–H and O–H groups in total. The van der Waals surface area contributed by atoms with Crippen LogP contribution in [0.15, 0.2) is 18.2 Å². The SMILES string of the molecule is COc1ccc(C(=O)NC(CCO)C(C)C)c(N)c1. The number of nitrogens with one attached hydrogen (secondary N) is 1. The zero-order valence-electron chi connectivity index (χ0n) is 11.6. The monoisotopic (exact) mass is 266 g/mol. The summed E-state index contributed by atoms with van der Waals surface area (Å²) in [5.74, 6) is 0.632. The molecule has 0 bridgehead atoms. The van der Waals surface area contributed by atoms with E-state index in [1.807, 2.05) is 13.8 Å². The van der Waals surface area contributed by atoms with Crippen LogP contribution in [0.25, 0.3) is 0 Å². The normalized spacial score (nSPS) is 12.3. The second-order valence-corrected chi connectivity index (χ2v) is 4.79. The maximum atomic E-state index is 12.1. The number of carbonyl (C=O) groups is 1. The van der Waals surface area contributed by atoms with Gasteiger partial charge in [0, 0.05) is 24.4 Å². The number of hydrogen-bond donors (Lipinski definition) is 3. The van der Waals surface area contributed by atoms with Gasteiger partial charge in [-0.2, -0.15) is 0 Å². The standard InChI is InChI=1S/C14H22N2O3/c1-9(2)13(6-7-17)16-14(18)11-5-4-10(19-3)8-12(11)15/h4-5,8-9,13,17H,6-7,15H2,1-3H3,(H,16,18). The average Bonchev–Trinajstić information content (AvgIpc) is 2.37. The van der Waals surface area contributed by atoms with Crippen molar-refractivity contribution in [2.75, 3.05) is 19.5 Å². The van der Waals surface area contributed by atoms with Gasteiger partial charge in [-0.05, 0) is 24.5 Å². The summed E-state index contributed by atoms with van der Waals surface area (Å²) in [5.41, 5.74) is 6.63. The van der Waals surface area contributed by atoms with Crippen LogP contribution in [0.4, 0.5) is 5.69 Å². The molecule has 19 heavy (non-hydrogen) atoms. The van der Waals surface area contributed by atoms with Crippen LogP contribution in [0.3, 0.4) is 0 Å². The number of carbonyl (C=O) groups excluding carboxylic acids is 1. The molecular weight excluding hydrogens is 244 g/mol. The van der Waals surface area contributed by atoms with Gasteiger partial charge < -0.3 is 20.9 Å². The molecule has 1 aromatic carbocycles. The fraction of sp³-hybridized carbons (Fsp3) is 0.500. The lowest BCUT2D eigenvalue weighted by Gasteiger charge is -2.22. The number of aliphatic hydroxyl groups excluding tert-OH is 1. The van der Waals surface area contributed by atoms with E-state index in [0.29, 0.717) is 23.4 Å². The van der Waals surface area contributed by atoms with Gasteiger partial charge in [0.1, 0.15) is 5.75 Å². The Balaban J connectivity index is 2.82. The third kappa shape index (κ3) is 4.13. The zero-order valence-corrected chi connectivity index (χ0v) is 11.6. The van der Waals surface area contributed by atoms with E-state index in [2.05, 4.69) is 5.32 Å². The Hall–Kier alpha value is -1.75. The molecule has 0 radical (unpaired) electrons. The molecule has 1 aromatic rings. The lowest BCUT2D eigenvalue weighted by Crippen LogP contribution is -2.39. The lowest BCUT2D eigenvalue weighted by atomic mass is 10.0. The number of nitrogens with two attached hydrogens (primary N) is 1. The first kappa shape index (κ1) is 15.3. The first-order valence-electron chi connectivity index (χ1n) is 6.34. The summed E-state index contributed by atoms with van der Waals surface area (Å²) in [5, 5.41) is 11.9. The fourth-order valence-electron chi connectivity index (χ4n) is 1.83. The van der Waals surface area contributed by atoms with Gasteiger partial charge in [0.2, 0.25) is 0 Å². The largest absolute Gasteiger partial charge is 0.497 e. The number of rotatable bonds is 6. The first-order chi connectivity index (χ1) is 8.99. The van der Waals surface area contributed by atoms with E-state index in [1.54, 1.807) is 25.3 Å². The van der Waals surface area contributed by atoms with Crippen LogP contribution in [-0.4, -0.2) is 30.8 Å². The maximum absolute atomic E-state index is 12.1. The predicted molar refractivity (Wildman–Crippen MR) is 75.2 cm³/mol. The third-order valence-electron chi connectivity index (χ3n) is 3.06. The summed E-state index contributed by atoms with van der Waals surface area (Å²) in [4.78, 5) is 12.1. The molecule has 0 saturated carbocycles. The van der Waals surface area contributed by atoms with Crippen molar-refractivity contribution in [1.82, 2.24) is 5.32 Å². The Labute approximate surface area is 113 Å². The molecule has 1 atom stereocenters. The van der Waals surface area contributed by atoms with Crippen molar-refractivity contribution in [2.24, 2.45) is 5.92 Å². The number of ether oxygens (including phenoxy) is 1. The van der Waals surface area contributed by atoms with E-state index in [9.17, 15) is 4.79 Å². The van der Waals surface area contributed by atoms with Crippen LogP contribution in [-0.2, 0) is 0 Å². The van der Waals surface area contributed by atoms with Crippen molar-refractivity contribution in [2.45, 2.75) is 26.3 Å². The van der Waals surface area contributed by atoms with E-state index in [-0.39, 0.29) is 24.5 Å². The number of benzene rings is 1. The molecule has 1 amide bonds. The zero-order chi connectivity index (χ0) is 14.4. The van der Waals surface area contributed by atoms with Gasteiger partial charge in [-0.15, -0.1) is 0 Å². The molecule has 0 fully saturated rings. The Bertz CT molecular complexity index is 433. The lowest BCUT2D eigenvalue weighted by molar-refractivity contribution is 0.0917. The minimum atomic E-state index is -0.229. The number of nitrogen functional groups attached to an aromatic ring is 1. The molecule has 5 heteroatoms. The number of amides is 1. The number of methoxy groups -OCH3 is 1. The number of hydrogen-bond acceptors (Lipinski definition) is 4. The highest BCUT2D eigenvalue weighted by molar-refractivity contribution is 5.99. The van der Waals surface area contributed by atoms with Crippen molar-refractivity contribution < 1.29 is 14.6 Å². The van der Waals surface area contributed by atoms with Gasteiger partial charge >= 0.3 is 0 Å². The highest BCUT2D eigenvalue weighted by Gasteiger charge is 2.18. The molecule has 0 aliphatic heterocycles. The smallest absolute Gasteiger partial charge is 0.253 e. The number of aliphatic hydroxyl groups is 1. The quantitative estimate of drug-likeness (QED) is 0.680. The Morgan fingerprint density at radius 3 is 2.63 bits per heavy atom. The summed E-state index contributed by atoms with van der Waals surface area (Å²) in [6.07, 6.45) is 0.527. The van der Waals surface area contributed by atoms with Crippen molar-refractivity contribution in [3.63, 3.8) is 0 Å². The minimum Gasteiger partial charge on any atom is -0.497 e. The van der Waals surface area contributed by atoms with Crippen LogP contribution in [0.5, 0.6) is 5.75 Å². The summed E-state index contributed by atoms with van der Waals surface area (Å²) in [7, 11) is 1.55. The van der Waals surface area contributed by atoms with E-state index in [4.69, 9.17) is 15.6 Å². The molecule has 1 unspecified atom stereocenters. The van der Waals surface area contributed by atoms with Crippen LogP contribution in [0, 0.1) is 5.92 Å². The summed E-state index contributed by atoms with van der Waals surface area (Å²) >= 11 is 0. The Morgan fingerprint density at radius 2 is 2.16 bits per heavy atom. The molecule has 0 saturated heterocycles. The van der Waals surface area contributed by atoms with Crippen LogP contribution < -0.4 is 15.8 Å². The van der Waals surface area contributed by atoms with Gasteiger partial charge in [-0.3, -0.25) is 4.79 Å². The van der Waals surface area contributed by atoms with Crippen molar-refractivity contribution in [3.05, 3.63) is 23.8 Å². The average molecular weight is 266 g/mol. The topological polar surface area (TPSA) is 84.6 Å². The van der Waals surface area contributed by atoms with Crippen LogP contribution in [0.2, 0.25) is 0 Å². The van der Waals surface area contributed by atoms with Crippen molar-refractivity contribution >= 4 is 11.6 Å². The highest BCUT2D eigenvalue weighted by atomic mass is 16.5. The molecule has 0 aliphatic carbocycles. The van der Waals surface area contributed by atoms with Gasteiger partial charge in [0.15, 0.2) is 0 Å². The van der Waals surface area contributed by atoms with E-state index >= 15 is 0 Å². The van der Waals surface area contributed by atoms with Gasteiger partial charge in [-0.1, -0.05) is 13.8 Å². The Kier molecular flexibility index (Phi) is 5.63. The first-order valence-corrected chi connectivity index (χ1v) is 6.34. The molecule has 0 spiro atoms. The van der Waals surface area contributed by atoms with Crippen molar-refractivity contribution in [1.29, 1.82) is 0 Å². The van der Waals surface area contributed by atoms with E-state index in [1.165, 1.54) is 0 Å². The summed E-state index contributed by atoms with van der Waals surface area (Å²) in [6.45, 7) is 4.04. The summed E-state index contributed by atoms with van der Waals surface area (Å²) in [6, 6.07) is 4.88. The maximum Gasteiger partial charge on any atom is 0.253 e. The second-order valence-electron chi connectivity index (χ2n) is 4.79. The van der Waals surface area contributed by atoms with E-state index < -0.39 is 0 Å². The van der Waals surface area contributed by atoms with E-state index in [0.717, 1.165) is 0 Å². The number of anilines is 1. The van der Waals surface area contributed by atoms with Crippen molar-refractivity contribution in [3.8, 4) is 5.75 Å². The fourth-order valence-corrected chi connectivity index (χ4v) is 1.83. The molecular formula is C14H22N2O3. The molecule has 106 valence electrons. The Morgan fingerprint density at radius 1 is 1.47 bits per heavy atom. The second kappa shape index (κ2) is 6.99. The minimum absolute atomic E-state index is 0.0429. The molecule has 0 aromatic heterocycles. The van der Waals surface area contributed by atoms with Crippen LogP contribution in [0.1, 0.15) is 30.6 Å². The van der Waals surface area contributed by atoms with Gasteiger partial charge in [0.05, 0.1) is 12.7 Å². The molecule has 0 heterocycles. The van der Waals surface area contributed by atoms with Gasteiger partial charge in [0.25, 0.3) is 5.91 Å². The van der Waals surface area contributed by atoms with Gasteiger partial charge in [-0.25, -0.2) is 0 Å².